The average Bonchev–Trinajstić information content (AvgIpc) is 2.17. The van der Waals surface area contributed by atoms with E-state index in [4.69, 9.17) is 5.11 Å². The number of hydrogen-bond donors (Lipinski definition) is 1. The van der Waals surface area contributed by atoms with Crippen LogP contribution in [0.5, 0.6) is 0 Å². The van der Waals surface area contributed by atoms with Crippen LogP contribution in [0.2, 0.25) is 0 Å². The lowest BCUT2D eigenvalue weighted by molar-refractivity contribution is -0.125. The van der Waals surface area contributed by atoms with E-state index < -0.39 is 0 Å². The minimum absolute atomic E-state index is 0.0992. The van der Waals surface area contributed by atoms with Crippen LogP contribution in [-0.2, 0) is 4.79 Å². The molecule has 0 saturated carbocycles. The third-order valence-corrected chi connectivity index (χ3v) is 1.55. The second kappa shape index (κ2) is 2.87. The van der Waals surface area contributed by atoms with Crippen molar-refractivity contribution in [2.24, 2.45) is 0 Å². The normalized spacial score (nSPS) is 18.4. The molecule has 0 aromatic carbocycles. The van der Waals surface area contributed by atoms with Crippen molar-refractivity contribution < 1.29 is 14.7 Å². The fraction of sp³-hybridized carbons (Fsp3) is 0.667. The van der Waals surface area contributed by atoms with Crippen LogP contribution in [0.4, 0.5) is 4.79 Å². The molecule has 0 radical (unpaired) electrons. The van der Waals surface area contributed by atoms with Gasteiger partial charge in [-0.2, -0.15) is 0 Å². The molecular weight excluding hydrogens is 148 g/mol. The molecule has 1 heterocycles. The van der Waals surface area contributed by atoms with E-state index in [0.717, 1.165) is 4.90 Å². The zero-order chi connectivity index (χ0) is 8.43. The maximum absolute atomic E-state index is 11.0. The number of hydrogen-bond acceptors (Lipinski definition) is 3. The molecule has 62 valence electrons. The van der Waals surface area contributed by atoms with Gasteiger partial charge in [0, 0.05) is 7.05 Å². The number of carbonyl (C=O) groups is 2. The smallest absolute Gasteiger partial charge is 0.327 e. The summed E-state index contributed by atoms with van der Waals surface area (Å²) in [5, 5.41) is 8.48. The molecule has 1 N–H and O–H groups in total. The third-order valence-electron chi connectivity index (χ3n) is 1.55. The summed E-state index contributed by atoms with van der Waals surface area (Å²) in [6, 6.07) is -0.330. The number of carbonyl (C=O) groups excluding carboxylic acids is 2. The van der Waals surface area contributed by atoms with Gasteiger partial charge in [0.2, 0.25) is 5.91 Å². The number of aliphatic hydroxyl groups excluding tert-OH is 1. The van der Waals surface area contributed by atoms with Crippen molar-refractivity contribution in [1.82, 2.24) is 9.80 Å². The van der Waals surface area contributed by atoms with Gasteiger partial charge in [-0.25, -0.2) is 4.79 Å². The van der Waals surface area contributed by atoms with Gasteiger partial charge in [-0.1, -0.05) is 0 Å². The van der Waals surface area contributed by atoms with Crippen molar-refractivity contribution in [1.29, 1.82) is 0 Å². The average molecular weight is 158 g/mol. The fourth-order valence-electron chi connectivity index (χ4n) is 0.989. The van der Waals surface area contributed by atoms with E-state index in [0.29, 0.717) is 0 Å². The molecule has 0 aromatic rings. The lowest BCUT2D eigenvalue weighted by Crippen LogP contribution is -2.33. The summed E-state index contributed by atoms with van der Waals surface area (Å²) in [5.41, 5.74) is 0. The van der Waals surface area contributed by atoms with Gasteiger partial charge in [-0.3, -0.25) is 9.69 Å². The van der Waals surface area contributed by atoms with E-state index in [9.17, 15) is 9.59 Å². The van der Waals surface area contributed by atoms with Crippen LogP contribution in [0, 0.1) is 0 Å². The Bertz CT molecular complexity index is 192. The van der Waals surface area contributed by atoms with Gasteiger partial charge in [0.25, 0.3) is 0 Å². The standard InChI is InChI=1S/C6H10N2O3/c1-7-4-5(10)8(2-3-9)6(7)11/h9H,2-4H2,1H3. The van der Waals surface area contributed by atoms with Gasteiger partial charge in [-0.15, -0.1) is 0 Å². The highest BCUT2D eigenvalue weighted by Crippen LogP contribution is 2.05. The zero-order valence-electron chi connectivity index (χ0n) is 6.28. The fourth-order valence-corrected chi connectivity index (χ4v) is 0.989. The Labute approximate surface area is 64.2 Å². The maximum atomic E-state index is 11.0. The summed E-state index contributed by atoms with van der Waals surface area (Å²) in [6.45, 7) is 0.0478. The predicted octanol–water partition coefficient (Wildman–Crippen LogP) is -1.13. The third kappa shape index (κ3) is 1.32. The SMILES string of the molecule is CN1CC(=O)N(CCO)C1=O. The monoisotopic (exact) mass is 158 g/mol. The Kier molecular flexibility index (Phi) is 2.09. The molecule has 1 saturated heterocycles. The quantitative estimate of drug-likeness (QED) is 0.517. The molecule has 0 aliphatic carbocycles. The minimum Gasteiger partial charge on any atom is -0.395 e. The van der Waals surface area contributed by atoms with Crippen LogP contribution in [0.3, 0.4) is 0 Å². The molecule has 1 fully saturated rings. The second-order valence-electron chi connectivity index (χ2n) is 2.41. The van der Waals surface area contributed by atoms with E-state index in [2.05, 4.69) is 0 Å². The molecule has 0 bridgehead atoms. The van der Waals surface area contributed by atoms with Crippen LogP contribution in [0.25, 0.3) is 0 Å². The summed E-state index contributed by atoms with van der Waals surface area (Å²) in [4.78, 5) is 24.3. The zero-order valence-corrected chi connectivity index (χ0v) is 6.28. The number of amides is 3. The Morgan fingerprint density at radius 2 is 2.18 bits per heavy atom. The van der Waals surface area contributed by atoms with Crippen molar-refractivity contribution in [2.75, 3.05) is 26.7 Å². The van der Waals surface area contributed by atoms with E-state index in [1.165, 1.54) is 4.90 Å². The molecule has 11 heavy (non-hydrogen) atoms. The Morgan fingerprint density at radius 1 is 1.55 bits per heavy atom. The van der Waals surface area contributed by atoms with Crippen molar-refractivity contribution in [3.63, 3.8) is 0 Å². The van der Waals surface area contributed by atoms with E-state index in [-0.39, 0.29) is 31.6 Å². The summed E-state index contributed by atoms with van der Waals surface area (Å²) in [6.07, 6.45) is 0. The van der Waals surface area contributed by atoms with E-state index in [1.807, 2.05) is 0 Å². The van der Waals surface area contributed by atoms with Crippen LogP contribution in [0.15, 0.2) is 0 Å². The lowest BCUT2D eigenvalue weighted by Gasteiger charge is -2.11. The molecule has 1 aliphatic rings. The lowest BCUT2D eigenvalue weighted by atomic mass is 10.5. The van der Waals surface area contributed by atoms with Gasteiger partial charge in [-0.05, 0) is 0 Å². The largest absolute Gasteiger partial charge is 0.395 e. The van der Waals surface area contributed by atoms with Crippen LogP contribution in [0.1, 0.15) is 0 Å². The molecule has 0 atom stereocenters. The molecule has 5 nitrogen and oxygen atoms in total. The molecule has 5 heteroatoms. The second-order valence-corrected chi connectivity index (χ2v) is 2.41. The minimum atomic E-state index is -0.330. The number of imide groups is 1. The highest BCUT2D eigenvalue weighted by atomic mass is 16.3. The Morgan fingerprint density at radius 3 is 2.55 bits per heavy atom. The van der Waals surface area contributed by atoms with Crippen molar-refractivity contribution >= 4 is 11.9 Å². The highest BCUT2D eigenvalue weighted by Gasteiger charge is 2.32. The molecule has 1 aliphatic heterocycles. The van der Waals surface area contributed by atoms with Crippen LogP contribution < -0.4 is 0 Å². The number of rotatable bonds is 2. The first-order valence-corrected chi connectivity index (χ1v) is 3.33. The van der Waals surface area contributed by atoms with E-state index in [1.54, 1.807) is 7.05 Å². The first kappa shape index (κ1) is 8.00. The Balaban J connectivity index is 2.64. The number of β-amino-alcohol motifs (C(OH)–C–C–N with tert-alkyl or cyclic N) is 1. The highest BCUT2D eigenvalue weighted by molar-refractivity contribution is 6.01. The first-order valence-electron chi connectivity index (χ1n) is 3.33. The molecule has 0 unspecified atom stereocenters. The number of aliphatic hydroxyl groups is 1. The van der Waals surface area contributed by atoms with E-state index >= 15 is 0 Å². The van der Waals surface area contributed by atoms with Gasteiger partial charge in [0.1, 0.15) is 6.54 Å². The number of urea groups is 1. The summed E-state index contributed by atoms with van der Waals surface area (Å²) < 4.78 is 0. The molecule has 1 rings (SSSR count). The number of likely N-dealkylation sites (N-methyl/N-ethyl adjacent to an activating group) is 1. The van der Waals surface area contributed by atoms with Crippen molar-refractivity contribution in [3.05, 3.63) is 0 Å². The molecule has 0 aromatic heterocycles. The van der Waals surface area contributed by atoms with Crippen molar-refractivity contribution in [2.45, 2.75) is 0 Å². The van der Waals surface area contributed by atoms with Gasteiger partial charge < -0.3 is 10.0 Å². The topological polar surface area (TPSA) is 60.9 Å². The Hall–Kier alpha value is -1.10. The summed E-state index contributed by atoms with van der Waals surface area (Å²) >= 11 is 0. The maximum Gasteiger partial charge on any atom is 0.327 e. The summed E-state index contributed by atoms with van der Waals surface area (Å²) in [7, 11) is 1.55. The molecule has 0 spiro atoms. The van der Waals surface area contributed by atoms with Crippen molar-refractivity contribution in [3.8, 4) is 0 Å². The molecule has 3 amide bonds. The molecular formula is C6H10N2O3. The van der Waals surface area contributed by atoms with Gasteiger partial charge >= 0.3 is 6.03 Å². The summed E-state index contributed by atoms with van der Waals surface area (Å²) in [5.74, 6) is -0.244. The van der Waals surface area contributed by atoms with Gasteiger partial charge in [0.05, 0.1) is 13.2 Å². The number of nitrogens with zero attached hydrogens (tertiary/aromatic N) is 2. The first-order chi connectivity index (χ1) is 5.16. The predicted molar refractivity (Wildman–Crippen MR) is 36.8 cm³/mol. The van der Waals surface area contributed by atoms with Crippen LogP contribution >= 0.6 is 0 Å². The van der Waals surface area contributed by atoms with Gasteiger partial charge in [0.15, 0.2) is 0 Å². The van der Waals surface area contributed by atoms with Crippen LogP contribution in [-0.4, -0.2) is 53.6 Å².